The van der Waals surface area contributed by atoms with E-state index in [1.165, 1.54) is 0 Å². The highest BCUT2D eigenvalue weighted by atomic mass is 15.3. The van der Waals surface area contributed by atoms with E-state index in [1.807, 2.05) is 29.9 Å². The van der Waals surface area contributed by atoms with Gasteiger partial charge in [-0.05, 0) is 26.0 Å². The standard InChI is InChI=1S/C11H15N5/c1-3-12-11-6-5-10(14-15-11)9-7-13-16(4-2)8-9/h5-8H,3-4H2,1-2H3,(H,12,15). The van der Waals surface area contributed by atoms with Gasteiger partial charge >= 0.3 is 0 Å². The molecule has 0 aliphatic carbocycles. The summed E-state index contributed by atoms with van der Waals surface area (Å²) in [6.45, 7) is 5.79. The Hall–Kier alpha value is -1.91. The lowest BCUT2D eigenvalue weighted by molar-refractivity contribution is 0.660. The summed E-state index contributed by atoms with van der Waals surface area (Å²) in [5.74, 6) is 0.800. The molecule has 0 radical (unpaired) electrons. The summed E-state index contributed by atoms with van der Waals surface area (Å²) in [7, 11) is 0. The van der Waals surface area contributed by atoms with Crippen LogP contribution in [0.5, 0.6) is 0 Å². The Morgan fingerprint density at radius 1 is 1.25 bits per heavy atom. The first-order chi connectivity index (χ1) is 7.83. The van der Waals surface area contributed by atoms with Crippen LogP contribution in [-0.2, 0) is 6.54 Å². The summed E-state index contributed by atoms with van der Waals surface area (Å²) >= 11 is 0. The van der Waals surface area contributed by atoms with Gasteiger partial charge in [0, 0.05) is 24.8 Å². The van der Waals surface area contributed by atoms with Gasteiger partial charge in [-0.2, -0.15) is 5.10 Å². The fraction of sp³-hybridized carbons (Fsp3) is 0.364. The topological polar surface area (TPSA) is 55.6 Å². The molecule has 0 amide bonds. The Balaban J connectivity index is 2.20. The van der Waals surface area contributed by atoms with Crippen molar-refractivity contribution in [3.63, 3.8) is 0 Å². The largest absolute Gasteiger partial charge is 0.369 e. The number of hydrogen-bond donors (Lipinski definition) is 1. The van der Waals surface area contributed by atoms with Crippen LogP contribution in [0.3, 0.4) is 0 Å². The zero-order valence-electron chi connectivity index (χ0n) is 9.51. The summed E-state index contributed by atoms with van der Waals surface area (Å²) in [6.07, 6.45) is 3.78. The van der Waals surface area contributed by atoms with Gasteiger partial charge in [0.15, 0.2) is 0 Å². The average molecular weight is 217 g/mol. The van der Waals surface area contributed by atoms with Gasteiger partial charge in [-0.3, -0.25) is 4.68 Å². The van der Waals surface area contributed by atoms with Crippen molar-refractivity contribution in [2.45, 2.75) is 20.4 Å². The first kappa shape index (κ1) is 10.6. The normalized spacial score (nSPS) is 10.4. The molecule has 2 rings (SSSR count). The first-order valence-electron chi connectivity index (χ1n) is 5.44. The van der Waals surface area contributed by atoms with Crippen LogP contribution < -0.4 is 5.32 Å². The molecule has 0 aliphatic heterocycles. The van der Waals surface area contributed by atoms with Gasteiger partial charge in [0.25, 0.3) is 0 Å². The van der Waals surface area contributed by atoms with Crippen LogP contribution in [0, 0.1) is 0 Å². The molecule has 1 N–H and O–H groups in total. The Bertz CT molecular complexity index is 446. The third-order valence-electron chi connectivity index (χ3n) is 2.28. The summed E-state index contributed by atoms with van der Waals surface area (Å²) in [5.41, 5.74) is 1.85. The van der Waals surface area contributed by atoms with Crippen LogP contribution >= 0.6 is 0 Å². The minimum atomic E-state index is 0.800. The van der Waals surface area contributed by atoms with Crippen molar-refractivity contribution in [1.29, 1.82) is 0 Å². The van der Waals surface area contributed by atoms with E-state index in [0.717, 1.165) is 30.2 Å². The van der Waals surface area contributed by atoms with Crippen molar-refractivity contribution in [2.24, 2.45) is 0 Å². The summed E-state index contributed by atoms with van der Waals surface area (Å²) < 4.78 is 1.87. The van der Waals surface area contributed by atoms with Crippen LogP contribution in [0.1, 0.15) is 13.8 Å². The zero-order chi connectivity index (χ0) is 11.4. The predicted octanol–water partition coefficient (Wildman–Crippen LogP) is 1.79. The maximum Gasteiger partial charge on any atom is 0.148 e. The lowest BCUT2D eigenvalue weighted by atomic mass is 10.2. The maximum atomic E-state index is 4.20. The Labute approximate surface area is 94.5 Å². The van der Waals surface area contributed by atoms with Crippen molar-refractivity contribution in [3.8, 4) is 11.3 Å². The van der Waals surface area contributed by atoms with Crippen LogP contribution in [-0.4, -0.2) is 26.5 Å². The van der Waals surface area contributed by atoms with E-state index < -0.39 is 0 Å². The van der Waals surface area contributed by atoms with Crippen molar-refractivity contribution in [1.82, 2.24) is 20.0 Å². The molecule has 0 bridgehead atoms. The van der Waals surface area contributed by atoms with E-state index in [9.17, 15) is 0 Å². The molecule has 2 aromatic heterocycles. The average Bonchev–Trinajstić information content (AvgIpc) is 2.79. The van der Waals surface area contributed by atoms with E-state index in [2.05, 4.69) is 27.5 Å². The molecular formula is C11H15N5. The van der Waals surface area contributed by atoms with Crippen molar-refractivity contribution >= 4 is 5.82 Å². The van der Waals surface area contributed by atoms with Gasteiger partial charge in [-0.1, -0.05) is 0 Å². The van der Waals surface area contributed by atoms with Crippen molar-refractivity contribution in [3.05, 3.63) is 24.5 Å². The monoisotopic (exact) mass is 217 g/mol. The highest BCUT2D eigenvalue weighted by molar-refractivity contribution is 5.57. The Morgan fingerprint density at radius 3 is 2.69 bits per heavy atom. The van der Waals surface area contributed by atoms with E-state index in [0.29, 0.717) is 0 Å². The molecule has 2 aromatic rings. The molecule has 5 heteroatoms. The quantitative estimate of drug-likeness (QED) is 0.848. The second-order valence-corrected chi connectivity index (χ2v) is 3.42. The molecule has 0 spiro atoms. The third kappa shape index (κ3) is 2.18. The molecule has 84 valence electrons. The van der Waals surface area contributed by atoms with Gasteiger partial charge in [0.2, 0.25) is 0 Å². The number of rotatable bonds is 4. The first-order valence-corrected chi connectivity index (χ1v) is 5.44. The van der Waals surface area contributed by atoms with Gasteiger partial charge in [0.1, 0.15) is 5.82 Å². The number of hydrogen-bond acceptors (Lipinski definition) is 4. The number of aromatic nitrogens is 4. The predicted molar refractivity (Wildman–Crippen MR) is 63.1 cm³/mol. The van der Waals surface area contributed by atoms with Crippen LogP contribution in [0.2, 0.25) is 0 Å². The molecule has 2 heterocycles. The van der Waals surface area contributed by atoms with E-state index >= 15 is 0 Å². The van der Waals surface area contributed by atoms with Gasteiger partial charge in [-0.25, -0.2) is 0 Å². The van der Waals surface area contributed by atoms with E-state index in [4.69, 9.17) is 0 Å². The Kier molecular flexibility index (Phi) is 3.14. The summed E-state index contributed by atoms with van der Waals surface area (Å²) in [5, 5.41) is 15.5. The minimum absolute atomic E-state index is 0.800. The van der Waals surface area contributed by atoms with Crippen molar-refractivity contribution in [2.75, 3.05) is 11.9 Å². The van der Waals surface area contributed by atoms with Crippen LogP contribution in [0.15, 0.2) is 24.5 Å². The van der Waals surface area contributed by atoms with Crippen LogP contribution in [0.25, 0.3) is 11.3 Å². The number of anilines is 1. The number of nitrogens with one attached hydrogen (secondary N) is 1. The fourth-order valence-corrected chi connectivity index (χ4v) is 1.43. The molecule has 0 unspecified atom stereocenters. The van der Waals surface area contributed by atoms with Crippen LogP contribution in [0.4, 0.5) is 5.82 Å². The molecule has 0 aliphatic rings. The smallest absolute Gasteiger partial charge is 0.148 e. The fourth-order valence-electron chi connectivity index (χ4n) is 1.43. The van der Waals surface area contributed by atoms with E-state index in [-0.39, 0.29) is 0 Å². The molecule has 0 aromatic carbocycles. The highest BCUT2D eigenvalue weighted by Gasteiger charge is 2.03. The summed E-state index contributed by atoms with van der Waals surface area (Å²) in [6, 6.07) is 3.87. The lowest BCUT2D eigenvalue weighted by Gasteiger charge is -2.00. The van der Waals surface area contributed by atoms with Gasteiger partial charge in [-0.15, -0.1) is 10.2 Å². The number of nitrogens with zero attached hydrogens (tertiary/aromatic N) is 4. The molecule has 16 heavy (non-hydrogen) atoms. The second-order valence-electron chi connectivity index (χ2n) is 3.42. The SMILES string of the molecule is CCNc1ccc(-c2cnn(CC)c2)nn1. The molecule has 0 saturated carbocycles. The van der Waals surface area contributed by atoms with Gasteiger partial charge < -0.3 is 5.32 Å². The second kappa shape index (κ2) is 4.74. The van der Waals surface area contributed by atoms with Crippen molar-refractivity contribution < 1.29 is 0 Å². The Morgan fingerprint density at radius 2 is 2.12 bits per heavy atom. The molecule has 0 saturated heterocycles. The molecule has 5 nitrogen and oxygen atoms in total. The molecule has 0 fully saturated rings. The van der Waals surface area contributed by atoms with E-state index in [1.54, 1.807) is 6.20 Å². The highest BCUT2D eigenvalue weighted by Crippen LogP contribution is 2.15. The zero-order valence-corrected chi connectivity index (χ0v) is 9.51. The molecule has 0 atom stereocenters. The number of aryl methyl sites for hydroxylation is 1. The minimum Gasteiger partial charge on any atom is -0.369 e. The summed E-state index contributed by atoms with van der Waals surface area (Å²) in [4.78, 5) is 0. The molecular weight excluding hydrogens is 202 g/mol. The third-order valence-corrected chi connectivity index (χ3v) is 2.28. The van der Waals surface area contributed by atoms with Gasteiger partial charge in [0.05, 0.1) is 11.9 Å². The maximum absolute atomic E-state index is 4.20. The lowest BCUT2D eigenvalue weighted by Crippen LogP contribution is -2.00.